The fraction of sp³-hybridized carbons (Fsp3) is 1.00. The lowest BCUT2D eigenvalue weighted by Gasteiger charge is -2.41. The van der Waals surface area contributed by atoms with Crippen LogP contribution in [0.5, 0.6) is 0 Å². The Morgan fingerprint density at radius 3 is 0.839 bits per heavy atom. The van der Waals surface area contributed by atoms with Crippen LogP contribution in [0.25, 0.3) is 0 Å². The van der Waals surface area contributed by atoms with E-state index in [2.05, 4.69) is 162 Å². The molecule has 9 N–H and O–H groups in total. The molecule has 0 aromatic rings. The van der Waals surface area contributed by atoms with Gasteiger partial charge in [-0.2, -0.15) is 0 Å². The van der Waals surface area contributed by atoms with E-state index in [0.29, 0.717) is 13.1 Å². The molecular weight excluding hydrogens is 963 g/mol. The van der Waals surface area contributed by atoms with Crippen LogP contribution in [0.15, 0.2) is 0 Å². The van der Waals surface area contributed by atoms with Gasteiger partial charge >= 0.3 is 42.8 Å². The zero-order valence-electron chi connectivity index (χ0n) is 45.5. The highest BCUT2D eigenvalue weighted by atomic mass is 28.5. The molecule has 0 saturated heterocycles. The van der Waals surface area contributed by atoms with Gasteiger partial charge in [-0.25, -0.2) is 0 Å². The Hall–Kier alpha value is 1.87. The maximum absolute atomic E-state index is 6.63. The molecule has 0 heterocycles. The first-order valence-electron chi connectivity index (χ1n) is 23.5. The second-order valence-corrected chi connectivity index (χ2v) is 69.0. The van der Waals surface area contributed by atoms with E-state index in [1.807, 2.05) is 0 Å². The van der Waals surface area contributed by atoms with Gasteiger partial charge in [-0.1, -0.05) is 0 Å². The van der Waals surface area contributed by atoms with Crippen LogP contribution < -0.4 is 28.3 Å². The molecule has 2 atom stereocenters. The van der Waals surface area contributed by atoms with Crippen LogP contribution >= 0.6 is 0 Å². The molecule has 0 saturated carbocycles. The fourth-order valence-electron chi connectivity index (χ4n) is 7.79. The smallest absolute Gasteiger partial charge is 0.315 e. The Kier molecular flexibility index (Phi) is 32.0. The molecule has 0 radical (unpaired) electrons. The molecule has 62 heavy (non-hydrogen) atoms. The Morgan fingerprint density at radius 1 is 0.290 bits per heavy atom. The average Bonchev–Trinajstić information content (AvgIpc) is 2.96. The summed E-state index contributed by atoms with van der Waals surface area (Å²) in [5, 5.41) is 3.36. The summed E-state index contributed by atoms with van der Waals surface area (Å²) in [5.41, 5.74) is 22.4. The maximum atomic E-state index is 6.63. The summed E-state index contributed by atoms with van der Waals surface area (Å²) in [6.45, 7) is 57.9. The highest BCUT2D eigenvalue weighted by Crippen LogP contribution is 2.30. The molecule has 378 valence electrons. The Morgan fingerprint density at radius 2 is 0.565 bits per heavy atom. The molecule has 2 unspecified atom stereocenters. The molecule has 0 rings (SSSR count). The zero-order chi connectivity index (χ0) is 49.8. The van der Waals surface area contributed by atoms with Crippen molar-refractivity contribution in [3.8, 4) is 0 Å². The van der Waals surface area contributed by atoms with Gasteiger partial charge in [0.2, 0.25) is 0 Å². The van der Waals surface area contributed by atoms with Crippen molar-refractivity contribution < 1.29 is 32.9 Å². The molecule has 0 aromatic heterocycles. The fourth-order valence-corrected chi connectivity index (χ4v) is 57.9. The van der Waals surface area contributed by atoms with Crippen LogP contribution in [-0.2, 0) is 32.9 Å². The number of hydrogen-bond acceptors (Lipinski definition) is 13. The van der Waals surface area contributed by atoms with Crippen LogP contribution in [0.3, 0.4) is 0 Å². The second-order valence-electron chi connectivity index (χ2n) is 23.6. The topological polar surface area (TPSA) is 190 Å². The molecule has 0 aromatic carbocycles. The highest BCUT2D eigenvalue weighted by Gasteiger charge is 2.46. The molecule has 0 aliphatic heterocycles. The predicted octanol–water partition coefficient (Wildman–Crippen LogP) is 10.1. The molecule has 13 nitrogen and oxygen atoms in total. The second kappa shape index (κ2) is 29.1. The van der Waals surface area contributed by atoms with E-state index >= 15 is 0 Å². The first-order valence-corrected chi connectivity index (χ1v) is 56.9. The number of nitrogens with one attached hydrogen (secondary N) is 1. The minimum atomic E-state index is -2.23. The van der Waals surface area contributed by atoms with Crippen LogP contribution in [-0.4, -0.2) is 132 Å². The van der Waals surface area contributed by atoms with Crippen molar-refractivity contribution in [1.82, 2.24) is 5.32 Å². The van der Waals surface area contributed by atoms with Gasteiger partial charge in [0.05, 0.1) is 0 Å². The number of hydrogen-bond donors (Lipinski definition) is 5. The van der Waals surface area contributed by atoms with Gasteiger partial charge in [-0.05, 0) is 233 Å². The standard InChI is InChI=1S/C14H40N2O3Si4.C12H34N2O2Si3.C12H35NO3Si4/c1-20(2,3)17-22(7,8)19-23(9,18-21(4,5)6)14-10-12-16-13-11-15;1-17(2,11-7-9-13)15-19(5,6)16-18(3,4)12-8-10-14;1-17(2,3)14-19(7,8)16-20(9,12-10-11-13)15-18(4,5)6/h16H,10-15H2,1-9H3;7-14H2,1-6H3;10-13H2,1-9H3. The summed E-state index contributed by atoms with van der Waals surface area (Å²) < 4.78 is 51.7. The Labute approximate surface area is 397 Å². The summed E-state index contributed by atoms with van der Waals surface area (Å²) in [5.74, 6) is 0. The third kappa shape index (κ3) is 43.2. The third-order valence-electron chi connectivity index (χ3n) is 8.22. The predicted molar refractivity (Wildman–Crippen MR) is 299 cm³/mol. The molecule has 0 amide bonds. The van der Waals surface area contributed by atoms with Crippen molar-refractivity contribution in [3.63, 3.8) is 0 Å². The molecule has 0 fully saturated rings. The minimum absolute atomic E-state index is 0.681. The van der Waals surface area contributed by atoms with Gasteiger partial charge < -0.3 is 61.2 Å². The van der Waals surface area contributed by atoms with E-state index in [1.165, 1.54) is 0 Å². The molecule has 0 aliphatic rings. The van der Waals surface area contributed by atoms with Gasteiger partial charge in [0.15, 0.2) is 49.9 Å². The van der Waals surface area contributed by atoms with Crippen molar-refractivity contribution in [2.45, 2.75) is 207 Å². The van der Waals surface area contributed by atoms with Crippen LogP contribution in [0.1, 0.15) is 25.7 Å². The summed E-state index contributed by atoms with van der Waals surface area (Å²) in [7, 11) is -20.5. The van der Waals surface area contributed by atoms with E-state index in [4.69, 9.17) is 55.9 Å². The van der Waals surface area contributed by atoms with Crippen molar-refractivity contribution in [2.75, 3.05) is 39.3 Å². The van der Waals surface area contributed by atoms with Gasteiger partial charge in [0, 0.05) is 13.1 Å². The van der Waals surface area contributed by atoms with Crippen molar-refractivity contribution in [3.05, 3.63) is 0 Å². The summed E-state index contributed by atoms with van der Waals surface area (Å²) in [6, 6.07) is 4.20. The molecule has 24 heteroatoms. The molecule has 0 bridgehead atoms. The van der Waals surface area contributed by atoms with Crippen molar-refractivity contribution >= 4 is 92.7 Å². The van der Waals surface area contributed by atoms with E-state index in [1.54, 1.807) is 0 Å². The van der Waals surface area contributed by atoms with Crippen LogP contribution in [0.2, 0.25) is 181 Å². The van der Waals surface area contributed by atoms with E-state index < -0.39 is 92.7 Å². The lowest BCUT2D eigenvalue weighted by molar-refractivity contribution is 0.320. The Balaban J connectivity index is -0.000000847. The molecule has 0 spiro atoms. The van der Waals surface area contributed by atoms with Crippen molar-refractivity contribution in [2.24, 2.45) is 22.9 Å². The van der Waals surface area contributed by atoms with Gasteiger partial charge in [-0.3, -0.25) is 0 Å². The first kappa shape index (κ1) is 68.1. The van der Waals surface area contributed by atoms with E-state index in [0.717, 1.165) is 76.0 Å². The zero-order valence-corrected chi connectivity index (χ0v) is 56.5. The summed E-state index contributed by atoms with van der Waals surface area (Å²) in [6.07, 6.45) is 4.13. The maximum Gasteiger partial charge on any atom is 0.315 e. The number of rotatable bonds is 31. The monoisotopic (exact) mass is 1070 g/mol. The lowest BCUT2D eigenvalue weighted by Crippen LogP contribution is -2.57. The Bertz CT molecular complexity index is 1170. The number of nitrogens with two attached hydrogens (primary N) is 4. The lowest BCUT2D eigenvalue weighted by atomic mass is 10.5. The SMILES string of the molecule is C[Si](C)(C)O[Si](C)(C)O[Si](C)(CCCN)O[Si](C)(C)C.C[Si](C)(C)O[Si](C)(C)O[Si](C)(CCCNCCN)O[Si](C)(C)C.C[Si](C)(CCCN)O[Si](C)(C)O[Si](C)(C)CCCN. The van der Waals surface area contributed by atoms with Gasteiger partial charge in [0.1, 0.15) is 0 Å². The minimum Gasteiger partial charge on any atom is -0.437 e. The van der Waals surface area contributed by atoms with E-state index in [-0.39, 0.29) is 0 Å². The molecular formula is C38H109N5O8Si11. The van der Waals surface area contributed by atoms with Crippen molar-refractivity contribution in [1.29, 1.82) is 0 Å². The van der Waals surface area contributed by atoms with Gasteiger partial charge in [0.25, 0.3) is 0 Å². The van der Waals surface area contributed by atoms with Crippen LogP contribution in [0.4, 0.5) is 0 Å². The highest BCUT2D eigenvalue weighted by molar-refractivity contribution is 6.91. The normalized spacial score (nSPS) is 15.9. The largest absolute Gasteiger partial charge is 0.437 e. The first-order chi connectivity index (χ1) is 27.4. The van der Waals surface area contributed by atoms with Gasteiger partial charge in [-0.15, -0.1) is 0 Å². The third-order valence-corrected chi connectivity index (χ3v) is 46.8. The van der Waals surface area contributed by atoms with E-state index in [9.17, 15) is 0 Å². The summed E-state index contributed by atoms with van der Waals surface area (Å²) >= 11 is 0. The quantitative estimate of drug-likeness (QED) is 0.0326. The summed E-state index contributed by atoms with van der Waals surface area (Å²) in [4.78, 5) is 0. The molecule has 0 aliphatic carbocycles. The average molecular weight is 1070 g/mol. The van der Waals surface area contributed by atoms with Crippen LogP contribution in [0, 0.1) is 0 Å².